The summed E-state index contributed by atoms with van der Waals surface area (Å²) in [6.45, 7) is 4.31. The van der Waals surface area contributed by atoms with Crippen LogP contribution < -0.4 is 15.6 Å². The molecule has 1 aromatic carbocycles. The van der Waals surface area contributed by atoms with E-state index in [1.807, 2.05) is 13.8 Å². The molecule has 4 unspecified atom stereocenters. The Morgan fingerprint density at radius 2 is 1.91 bits per heavy atom. The number of hydrogen-bond donors (Lipinski definition) is 2. The van der Waals surface area contributed by atoms with E-state index in [9.17, 15) is 18.0 Å². The van der Waals surface area contributed by atoms with Crippen LogP contribution in [0.2, 0.25) is 0 Å². The van der Waals surface area contributed by atoms with Gasteiger partial charge in [0.15, 0.2) is 0 Å². The Morgan fingerprint density at radius 3 is 2.53 bits per heavy atom. The van der Waals surface area contributed by atoms with Gasteiger partial charge in [0, 0.05) is 24.3 Å². The second-order valence-electron chi connectivity index (χ2n) is 9.01. The van der Waals surface area contributed by atoms with Crippen molar-refractivity contribution in [2.24, 2.45) is 17.8 Å². The molecule has 9 heteroatoms. The zero-order chi connectivity index (χ0) is 22.9. The van der Waals surface area contributed by atoms with Gasteiger partial charge in [0.05, 0.1) is 4.90 Å². The van der Waals surface area contributed by atoms with E-state index in [1.165, 1.54) is 48.2 Å². The molecule has 1 heterocycles. The van der Waals surface area contributed by atoms with Crippen molar-refractivity contribution in [1.82, 2.24) is 14.5 Å². The Kier molecular flexibility index (Phi) is 6.48. The van der Waals surface area contributed by atoms with E-state index in [-0.39, 0.29) is 22.2 Å². The first-order valence-corrected chi connectivity index (χ1v) is 12.8. The Balaban J connectivity index is 1.40. The number of aryl methyl sites for hydroxylation is 1. The van der Waals surface area contributed by atoms with Gasteiger partial charge in [-0.2, -0.15) is 5.10 Å². The summed E-state index contributed by atoms with van der Waals surface area (Å²) >= 11 is 0. The van der Waals surface area contributed by atoms with E-state index in [0.29, 0.717) is 24.1 Å². The summed E-state index contributed by atoms with van der Waals surface area (Å²) in [6.07, 6.45) is 5.56. The molecule has 0 spiro atoms. The van der Waals surface area contributed by atoms with Gasteiger partial charge in [-0.15, -0.1) is 0 Å². The molecule has 2 aromatic rings. The van der Waals surface area contributed by atoms with Crippen LogP contribution in [0.5, 0.6) is 0 Å². The molecule has 2 aliphatic rings. The van der Waals surface area contributed by atoms with E-state index in [4.69, 9.17) is 0 Å². The van der Waals surface area contributed by atoms with Gasteiger partial charge in [0.2, 0.25) is 10.0 Å². The summed E-state index contributed by atoms with van der Waals surface area (Å²) in [6, 6.07) is 8.67. The molecular formula is C23H30N4O4S. The smallest absolute Gasteiger partial charge is 0.276 e. The Hall–Kier alpha value is -2.52. The normalized spacial score (nSPS) is 23.2. The van der Waals surface area contributed by atoms with Gasteiger partial charge in [-0.25, -0.2) is 17.8 Å². The van der Waals surface area contributed by atoms with Crippen molar-refractivity contribution >= 4 is 21.6 Å². The lowest BCUT2D eigenvalue weighted by Crippen LogP contribution is -2.40. The fraction of sp³-hybridized carbons (Fsp3) is 0.522. The van der Waals surface area contributed by atoms with Crippen molar-refractivity contribution in [3.63, 3.8) is 0 Å². The maximum absolute atomic E-state index is 12.9. The third kappa shape index (κ3) is 4.78. The highest BCUT2D eigenvalue weighted by molar-refractivity contribution is 7.89. The summed E-state index contributed by atoms with van der Waals surface area (Å²) in [5, 5.41) is 6.79. The van der Waals surface area contributed by atoms with Gasteiger partial charge in [0.25, 0.3) is 11.5 Å². The van der Waals surface area contributed by atoms with E-state index >= 15 is 0 Å². The number of amides is 1. The number of carbonyl (C=O) groups excluding carboxylic acids is 1. The van der Waals surface area contributed by atoms with Gasteiger partial charge in [-0.1, -0.05) is 13.3 Å². The predicted octanol–water partition coefficient (Wildman–Crippen LogP) is 3.01. The second kappa shape index (κ2) is 9.15. The average Bonchev–Trinajstić information content (AvgIpc) is 3.39. The van der Waals surface area contributed by atoms with Crippen molar-refractivity contribution in [2.75, 3.05) is 5.32 Å². The van der Waals surface area contributed by atoms with Gasteiger partial charge >= 0.3 is 0 Å². The molecule has 1 amide bonds. The molecule has 2 fully saturated rings. The molecule has 172 valence electrons. The van der Waals surface area contributed by atoms with Crippen molar-refractivity contribution in [2.45, 2.75) is 63.4 Å². The lowest BCUT2D eigenvalue weighted by molar-refractivity contribution is 0.101. The standard InChI is InChI=1S/C23H30N4O4S/c1-3-12-27-22(28)11-10-21(25-27)23(29)24-18-6-8-19(9-7-18)32(30,31)26-15(2)20-14-16-4-5-17(20)13-16/h6-11,15-17,20,26H,3-5,12-14H2,1-2H3,(H,24,29). The summed E-state index contributed by atoms with van der Waals surface area (Å²) in [5.74, 6) is 1.34. The number of aromatic nitrogens is 2. The number of fused-ring (bicyclic) bond motifs is 2. The molecule has 0 radical (unpaired) electrons. The monoisotopic (exact) mass is 458 g/mol. The average molecular weight is 459 g/mol. The zero-order valence-corrected chi connectivity index (χ0v) is 19.3. The van der Waals surface area contributed by atoms with Gasteiger partial charge in [0.1, 0.15) is 5.69 Å². The highest BCUT2D eigenvalue weighted by atomic mass is 32.2. The largest absolute Gasteiger partial charge is 0.321 e. The number of rotatable bonds is 8. The third-order valence-corrected chi connectivity index (χ3v) is 8.31. The molecular weight excluding hydrogens is 428 g/mol. The predicted molar refractivity (Wildman–Crippen MR) is 122 cm³/mol. The molecule has 2 aliphatic carbocycles. The molecule has 1 aromatic heterocycles. The lowest BCUT2D eigenvalue weighted by atomic mass is 9.84. The summed E-state index contributed by atoms with van der Waals surface area (Å²) in [5.41, 5.74) is 0.311. The van der Waals surface area contributed by atoms with Gasteiger partial charge < -0.3 is 5.32 Å². The van der Waals surface area contributed by atoms with Crippen LogP contribution in [0.1, 0.15) is 56.4 Å². The van der Waals surface area contributed by atoms with Crippen LogP contribution in [0, 0.1) is 17.8 Å². The lowest BCUT2D eigenvalue weighted by Gasteiger charge is -2.28. The number of carbonyl (C=O) groups is 1. The highest BCUT2D eigenvalue weighted by Gasteiger charge is 2.42. The van der Waals surface area contributed by atoms with Crippen molar-refractivity contribution in [1.29, 1.82) is 0 Å². The first-order chi connectivity index (χ1) is 15.3. The van der Waals surface area contributed by atoms with Crippen LogP contribution in [-0.2, 0) is 16.6 Å². The first-order valence-electron chi connectivity index (χ1n) is 11.3. The van der Waals surface area contributed by atoms with Gasteiger partial charge in [-0.05, 0) is 80.7 Å². The molecule has 4 atom stereocenters. The minimum atomic E-state index is -3.64. The Labute approximate surface area is 188 Å². The van der Waals surface area contributed by atoms with E-state index in [2.05, 4.69) is 15.1 Å². The molecule has 0 saturated heterocycles. The highest BCUT2D eigenvalue weighted by Crippen LogP contribution is 2.49. The molecule has 2 saturated carbocycles. The fourth-order valence-corrected chi connectivity index (χ4v) is 6.46. The molecule has 2 bridgehead atoms. The van der Waals surface area contributed by atoms with E-state index in [0.717, 1.165) is 18.8 Å². The van der Waals surface area contributed by atoms with Crippen LogP contribution in [0.25, 0.3) is 0 Å². The molecule has 32 heavy (non-hydrogen) atoms. The number of nitrogens with zero attached hydrogens (tertiary/aromatic N) is 2. The first kappa shape index (κ1) is 22.7. The Bertz CT molecular complexity index is 1140. The zero-order valence-electron chi connectivity index (χ0n) is 18.5. The quantitative estimate of drug-likeness (QED) is 0.632. The number of benzene rings is 1. The molecule has 4 rings (SSSR count). The van der Waals surface area contributed by atoms with Crippen LogP contribution in [-0.4, -0.2) is 30.1 Å². The Morgan fingerprint density at radius 1 is 1.16 bits per heavy atom. The van der Waals surface area contributed by atoms with Crippen LogP contribution in [0.3, 0.4) is 0 Å². The topological polar surface area (TPSA) is 110 Å². The number of nitrogens with one attached hydrogen (secondary N) is 2. The minimum absolute atomic E-state index is 0.0976. The molecule has 8 nitrogen and oxygen atoms in total. The van der Waals surface area contributed by atoms with Crippen molar-refractivity contribution < 1.29 is 13.2 Å². The molecule has 0 aliphatic heterocycles. The minimum Gasteiger partial charge on any atom is -0.321 e. The van der Waals surface area contributed by atoms with Crippen molar-refractivity contribution in [3.8, 4) is 0 Å². The van der Waals surface area contributed by atoms with Crippen molar-refractivity contribution in [3.05, 3.63) is 52.4 Å². The fourth-order valence-electron chi connectivity index (χ4n) is 5.16. The summed E-state index contributed by atoms with van der Waals surface area (Å²) in [4.78, 5) is 24.4. The van der Waals surface area contributed by atoms with E-state index < -0.39 is 15.9 Å². The SMILES string of the molecule is CCCn1nc(C(=O)Nc2ccc(S(=O)(=O)NC(C)C3CC4CCC3C4)cc2)ccc1=O. The summed E-state index contributed by atoms with van der Waals surface area (Å²) < 4.78 is 29.8. The maximum atomic E-state index is 12.9. The van der Waals surface area contributed by atoms with E-state index in [1.54, 1.807) is 12.1 Å². The number of anilines is 1. The maximum Gasteiger partial charge on any atom is 0.276 e. The van der Waals surface area contributed by atoms with Crippen LogP contribution in [0.4, 0.5) is 5.69 Å². The van der Waals surface area contributed by atoms with Crippen LogP contribution >= 0.6 is 0 Å². The van der Waals surface area contributed by atoms with Gasteiger partial charge in [-0.3, -0.25) is 9.59 Å². The number of sulfonamides is 1. The summed E-state index contributed by atoms with van der Waals surface area (Å²) in [7, 11) is -3.64. The third-order valence-electron chi connectivity index (χ3n) is 6.73. The second-order valence-corrected chi connectivity index (χ2v) is 10.7. The van der Waals surface area contributed by atoms with Crippen LogP contribution in [0.15, 0.2) is 46.1 Å². The number of hydrogen-bond acceptors (Lipinski definition) is 5. The molecule has 2 N–H and O–H groups in total.